The van der Waals surface area contributed by atoms with Crippen LogP contribution < -0.4 is 9.62 Å². The Kier molecular flexibility index (Phi) is 5.28. The number of carbonyl (C=O) groups excluding carboxylic acids is 1. The lowest BCUT2D eigenvalue weighted by molar-refractivity contribution is -0.0119. The molecule has 34 heavy (non-hydrogen) atoms. The van der Waals surface area contributed by atoms with Crippen LogP contribution in [-0.2, 0) is 16.4 Å². The lowest BCUT2D eigenvalue weighted by atomic mass is 9.54. The van der Waals surface area contributed by atoms with Crippen LogP contribution in [0.25, 0.3) is 0 Å². The minimum absolute atomic E-state index is 0.129. The molecule has 5 nitrogen and oxygen atoms in total. The van der Waals surface area contributed by atoms with Crippen LogP contribution in [0.3, 0.4) is 0 Å². The molecular formula is C28H34N2O3S. The number of nitrogens with one attached hydrogen (secondary N) is 1. The predicted octanol–water partition coefficient (Wildman–Crippen LogP) is 5.00. The fourth-order valence-electron chi connectivity index (χ4n) is 7.49. The van der Waals surface area contributed by atoms with Crippen LogP contribution in [0.2, 0.25) is 0 Å². The maximum Gasteiger partial charge on any atom is 0.264 e. The standard InChI is InChI=1S/C28H34N2O3S/c1-17-10-24(28(31)29-27-22-12-19-11-20(14-22)15-23(27)13-19)16-26(18(17)2)34(32,33)30-9-5-7-21-6-3-4-8-25(21)30/h3-4,6,8,10,16,19-20,22-23,27H,5,7,9,11-15H2,1-2H3,(H,29,31). The summed E-state index contributed by atoms with van der Waals surface area (Å²) in [5.74, 6) is 2.73. The van der Waals surface area contributed by atoms with Crippen LogP contribution in [0, 0.1) is 37.5 Å². The van der Waals surface area contributed by atoms with E-state index in [1.54, 1.807) is 6.07 Å². The van der Waals surface area contributed by atoms with Crippen molar-refractivity contribution in [1.82, 2.24) is 5.32 Å². The molecule has 0 radical (unpaired) electrons. The van der Waals surface area contributed by atoms with E-state index in [9.17, 15) is 13.2 Å². The molecule has 180 valence electrons. The number of amides is 1. The number of hydrogen-bond donors (Lipinski definition) is 1. The van der Waals surface area contributed by atoms with Crippen LogP contribution >= 0.6 is 0 Å². The van der Waals surface area contributed by atoms with Gasteiger partial charge in [-0.1, -0.05) is 18.2 Å². The first-order valence-corrected chi connectivity index (χ1v) is 14.3. The van der Waals surface area contributed by atoms with Gasteiger partial charge in [0.1, 0.15) is 0 Å². The second-order valence-corrected chi connectivity index (χ2v) is 13.0. The summed E-state index contributed by atoms with van der Waals surface area (Å²) in [4.78, 5) is 13.7. The van der Waals surface area contributed by atoms with E-state index >= 15 is 0 Å². The highest BCUT2D eigenvalue weighted by Gasteiger charge is 2.48. The second-order valence-electron chi connectivity index (χ2n) is 11.2. The van der Waals surface area contributed by atoms with Crippen LogP contribution in [0.4, 0.5) is 5.69 Å². The van der Waals surface area contributed by atoms with E-state index in [1.165, 1.54) is 36.4 Å². The maximum absolute atomic E-state index is 13.9. The van der Waals surface area contributed by atoms with Gasteiger partial charge in [0.15, 0.2) is 0 Å². The number of carbonyl (C=O) groups is 1. The zero-order chi connectivity index (χ0) is 23.6. The third kappa shape index (κ3) is 3.57. The van der Waals surface area contributed by atoms with Crippen molar-refractivity contribution in [2.45, 2.75) is 69.7 Å². The quantitative estimate of drug-likeness (QED) is 0.673. The van der Waals surface area contributed by atoms with Gasteiger partial charge in [-0.15, -0.1) is 0 Å². The molecule has 1 aliphatic heterocycles. The summed E-state index contributed by atoms with van der Waals surface area (Å²) in [5.41, 5.74) is 3.83. The molecule has 1 amide bonds. The highest BCUT2D eigenvalue weighted by atomic mass is 32.2. The molecule has 2 aromatic rings. The highest BCUT2D eigenvalue weighted by molar-refractivity contribution is 7.92. The number of hydrogen-bond acceptors (Lipinski definition) is 3. The van der Waals surface area contributed by atoms with Gasteiger partial charge in [0.05, 0.1) is 10.6 Å². The molecule has 0 unspecified atom stereocenters. The van der Waals surface area contributed by atoms with Gasteiger partial charge < -0.3 is 5.32 Å². The molecule has 6 heteroatoms. The Morgan fingerprint density at radius 2 is 1.65 bits per heavy atom. The van der Waals surface area contributed by atoms with Crippen LogP contribution in [0.15, 0.2) is 41.3 Å². The minimum Gasteiger partial charge on any atom is -0.349 e. The molecule has 7 rings (SSSR count). The fourth-order valence-corrected chi connectivity index (χ4v) is 9.36. The number of anilines is 1. The monoisotopic (exact) mass is 478 g/mol. The molecule has 4 saturated carbocycles. The summed E-state index contributed by atoms with van der Waals surface area (Å²) in [7, 11) is -3.78. The van der Waals surface area contributed by atoms with E-state index in [0.717, 1.165) is 41.5 Å². The topological polar surface area (TPSA) is 66.5 Å². The van der Waals surface area contributed by atoms with Crippen molar-refractivity contribution in [3.05, 3.63) is 58.7 Å². The molecule has 1 N–H and O–H groups in total. The number of benzene rings is 2. The first-order chi connectivity index (χ1) is 16.3. The van der Waals surface area contributed by atoms with Gasteiger partial charge in [-0.2, -0.15) is 0 Å². The number of fused-ring (bicyclic) bond motifs is 1. The van der Waals surface area contributed by atoms with E-state index in [0.29, 0.717) is 29.5 Å². The van der Waals surface area contributed by atoms with E-state index in [2.05, 4.69) is 5.32 Å². The Morgan fingerprint density at radius 3 is 2.35 bits per heavy atom. The number of aryl methyl sites for hydroxylation is 2. The second kappa shape index (κ2) is 8.11. The van der Waals surface area contributed by atoms with Gasteiger partial charge in [-0.25, -0.2) is 8.42 Å². The van der Waals surface area contributed by atoms with E-state index in [-0.39, 0.29) is 16.8 Å². The smallest absolute Gasteiger partial charge is 0.264 e. The molecule has 1 heterocycles. The Morgan fingerprint density at radius 1 is 0.971 bits per heavy atom. The molecule has 0 atom stereocenters. The molecule has 5 aliphatic rings. The van der Waals surface area contributed by atoms with E-state index in [1.807, 2.05) is 44.2 Å². The predicted molar refractivity (Wildman–Crippen MR) is 134 cm³/mol. The molecule has 0 saturated heterocycles. The van der Waals surface area contributed by atoms with Gasteiger partial charge >= 0.3 is 0 Å². The van der Waals surface area contributed by atoms with Crippen molar-refractivity contribution in [3.63, 3.8) is 0 Å². The Bertz CT molecular complexity index is 1220. The summed E-state index contributed by atoms with van der Waals surface area (Å²) in [6, 6.07) is 11.4. The Labute approximate surface area is 203 Å². The summed E-state index contributed by atoms with van der Waals surface area (Å²) in [5, 5.41) is 3.35. The number of rotatable bonds is 4. The van der Waals surface area contributed by atoms with Crippen LogP contribution in [0.1, 0.15) is 65.6 Å². The SMILES string of the molecule is Cc1cc(C(=O)NC2C3CC4CC(C3)CC2C4)cc(S(=O)(=O)N2CCCc3ccccc32)c1C. The van der Waals surface area contributed by atoms with Crippen LogP contribution in [0.5, 0.6) is 0 Å². The van der Waals surface area contributed by atoms with Crippen molar-refractivity contribution >= 4 is 21.6 Å². The largest absolute Gasteiger partial charge is 0.349 e. The van der Waals surface area contributed by atoms with Crippen molar-refractivity contribution in [3.8, 4) is 0 Å². The number of nitrogens with zero attached hydrogens (tertiary/aromatic N) is 1. The van der Waals surface area contributed by atoms with Gasteiger partial charge in [0.25, 0.3) is 15.9 Å². The van der Waals surface area contributed by atoms with Gasteiger partial charge in [0.2, 0.25) is 0 Å². The normalized spacial score (nSPS) is 29.7. The van der Waals surface area contributed by atoms with Crippen molar-refractivity contribution in [2.24, 2.45) is 23.7 Å². The van der Waals surface area contributed by atoms with E-state index < -0.39 is 10.0 Å². The molecule has 0 spiro atoms. The zero-order valence-electron chi connectivity index (χ0n) is 20.1. The van der Waals surface area contributed by atoms with Crippen molar-refractivity contribution in [2.75, 3.05) is 10.8 Å². The minimum atomic E-state index is -3.78. The first kappa shape index (κ1) is 22.1. The molecule has 0 aromatic heterocycles. The van der Waals surface area contributed by atoms with Crippen molar-refractivity contribution < 1.29 is 13.2 Å². The number of sulfonamides is 1. The fraction of sp³-hybridized carbons (Fsp3) is 0.536. The first-order valence-electron chi connectivity index (χ1n) is 12.8. The average Bonchev–Trinajstić information content (AvgIpc) is 2.82. The van der Waals surface area contributed by atoms with Crippen LogP contribution in [-0.4, -0.2) is 26.9 Å². The van der Waals surface area contributed by atoms with Gasteiger partial charge in [-0.05, 0) is 117 Å². The lowest BCUT2D eigenvalue weighted by Crippen LogP contribution is -2.55. The number of para-hydroxylation sites is 1. The third-order valence-electron chi connectivity index (χ3n) is 9.04. The summed E-state index contributed by atoms with van der Waals surface area (Å²) < 4.78 is 29.3. The molecular weight excluding hydrogens is 444 g/mol. The van der Waals surface area contributed by atoms with Gasteiger partial charge in [0, 0.05) is 18.2 Å². The maximum atomic E-state index is 13.9. The zero-order valence-corrected chi connectivity index (χ0v) is 20.9. The summed E-state index contributed by atoms with van der Waals surface area (Å²) in [6.07, 6.45) is 8.00. The van der Waals surface area contributed by atoms with Gasteiger partial charge in [-0.3, -0.25) is 9.10 Å². The van der Waals surface area contributed by atoms with Crippen molar-refractivity contribution in [1.29, 1.82) is 0 Å². The third-order valence-corrected chi connectivity index (χ3v) is 11.0. The lowest BCUT2D eigenvalue weighted by Gasteiger charge is -2.54. The molecule has 4 fully saturated rings. The molecule has 4 aliphatic carbocycles. The Balaban J connectivity index is 1.31. The Hall–Kier alpha value is -2.34. The highest BCUT2D eigenvalue weighted by Crippen LogP contribution is 2.53. The van der Waals surface area contributed by atoms with E-state index in [4.69, 9.17) is 0 Å². The average molecular weight is 479 g/mol. The summed E-state index contributed by atoms with van der Waals surface area (Å²) in [6.45, 7) is 4.21. The summed E-state index contributed by atoms with van der Waals surface area (Å²) >= 11 is 0. The molecule has 2 aromatic carbocycles. The molecule has 4 bridgehead atoms.